The Bertz CT molecular complexity index is 527. The van der Waals surface area contributed by atoms with E-state index in [4.69, 9.17) is 10.5 Å². The summed E-state index contributed by atoms with van der Waals surface area (Å²) in [6.07, 6.45) is 0.811. The minimum absolute atomic E-state index is 0.125. The molecule has 0 aromatic heterocycles. The van der Waals surface area contributed by atoms with Crippen LogP contribution < -0.4 is 10.5 Å². The van der Waals surface area contributed by atoms with Crippen LogP contribution in [0.5, 0.6) is 5.75 Å². The fraction of sp³-hybridized carbons (Fsp3) is 0.538. The van der Waals surface area contributed by atoms with Crippen molar-refractivity contribution < 1.29 is 13.2 Å². The Hall–Kier alpha value is -1.27. The molecule has 0 saturated heterocycles. The predicted molar refractivity (Wildman–Crippen MR) is 76.7 cm³/mol. The first-order chi connectivity index (χ1) is 8.78. The van der Waals surface area contributed by atoms with Gasteiger partial charge in [-0.3, -0.25) is 0 Å². The van der Waals surface area contributed by atoms with Crippen molar-refractivity contribution in [1.82, 2.24) is 4.31 Å². The van der Waals surface area contributed by atoms with Gasteiger partial charge in [0.05, 0.1) is 12.8 Å². The molecule has 0 spiro atoms. The van der Waals surface area contributed by atoms with E-state index in [1.807, 2.05) is 0 Å². The maximum absolute atomic E-state index is 12.4. The van der Waals surface area contributed by atoms with Crippen LogP contribution in [-0.2, 0) is 10.0 Å². The van der Waals surface area contributed by atoms with Crippen LogP contribution in [-0.4, -0.2) is 33.4 Å². The Morgan fingerprint density at radius 2 is 2.00 bits per heavy atom. The van der Waals surface area contributed by atoms with E-state index in [0.717, 1.165) is 6.42 Å². The lowest BCUT2D eigenvalue weighted by Gasteiger charge is -2.19. The number of anilines is 1. The summed E-state index contributed by atoms with van der Waals surface area (Å²) in [6, 6.07) is 4.60. The van der Waals surface area contributed by atoms with Gasteiger partial charge in [0, 0.05) is 19.7 Å². The summed E-state index contributed by atoms with van der Waals surface area (Å²) in [4.78, 5) is 0.125. The highest BCUT2D eigenvalue weighted by atomic mass is 32.2. The zero-order valence-corrected chi connectivity index (χ0v) is 12.7. The van der Waals surface area contributed by atoms with Gasteiger partial charge in [0.15, 0.2) is 0 Å². The van der Waals surface area contributed by atoms with Crippen molar-refractivity contribution in [2.75, 3.05) is 26.4 Å². The molecule has 2 N–H and O–H groups in total. The molecule has 0 atom stereocenters. The van der Waals surface area contributed by atoms with Gasteiger partial charge in [0.25, 0.3) is 0 Å². The maximum atomic E-state index is 12.4. The zero-order chi connectivity index (χ0) is 14.6. The van der Waals surface area contributed by atoms with Crippen molar-refractivity contribution in [2.45, 2.75) is 25.2 Å². The van der Waals surface area contributed by atoms with Crippen LogP contribution >= 0.6 is 0 Å². The van der Waals surface area contributed by atoms with Crippen LogP contribution in [0.2, 0.25) is 0 Å². The van der Waals surface area contributed by atoms with E-state index in [1.54, 1.807) is 13.1 Å². The quantitative estimate of drug-likeness (QED) is 0.811. The monoisotopic (exact) mass is 286 g/mol. The Labute approximate surface area is 115 Å². The molecule has 0 aliphatic carbocycles. The van der Waals surface area contributed by atoms with E-state index in [0.29, 0.717) is 18.2 Å². The molecular weight excluding hydrogens is 264 g/mol. The summed E-state index contributed by atoms with van der Waals surface area (Å²) in [7, 11) is -0.455. The maximum Gasteiger partial charge on any atom is 0.244 e. The summed E-state index contributed by atoms with van der Waals surface area (Å²) >= 11 is 0. The largest absolute Gasteiger partial charge is 0.497 e. The number of nitrogens with zero attached hydrogens (tertiary/aromatic N) is 1. The number of sulfonamides is 1. The number of rotatable bonds is 6. The summed E-state index contributed by atoms with van der Waals surface area (Å²) in [5.41, 5.74) is 6.00. The lowest BCUT2D eigenvalue weighted by atomic mass is 10.1. The molecule has 6 heteroatoms. The minimum atomic E-state index is -3.54. The Balaban J connectivity index is 2.99. The highest BCUT2D eigenvalue weighted by molar-refractivity contribution is 7.89. The average molecular weight is 286 g/mol. The fourth-order valence-electron chi connectivity index (χ4n) is 1.62. The topological polar surface area (TPSA) is 72.6 Å². The Morgan fingerprint density at radius 1 is 1.37 bits per heavy atom. The fourth-order valence-corrected chi connectivity index (χ4v) is 2.89. The number of benzene rings is 1. The van der Waals surface area contributed by atoms with Gasteiger partial charge < -0.3 is 10.5 Å². The van der Waals surface area contributed by atoms with E-state index in [9.17, 15) is 8.42 Å². The van der Waals surface area contributed by atoms with E-state index < -0.39 is 10.0 Å². The van der Waals surface area contributed by atoms with E-state index in [-0.39, 0.29) is 10.6 Å². The molecule has 1 aromatic rings. The van der Waals surface area contributed by atoms with Gasteiger partial charge in [-0.15, -0.1) is 0 Å². The van der Waals surface area contributed by atoms with Crippen molar-refractivity contribution in [3.05, 3.63) is 18.2 Å². The van der Waals surface area contributed by atoms with Crippen LogP contribution in [0, 0.1) is 5.92 Å². The smallest absolute Gasteiger partial charge is 0.244 e. The van der Waals surface area contributed by atoms with Gasteiger partial charge >= 0.3 is 0 Å². The Kier molecular flexibility index (Phi) is 5.20. The minimum Gasteiger partial charge on any atom is -0.497 e. The first kappa shape index (κ1) is 15.8. The number of ether oxygens (including phenoxy) is 1. The van der Waals surface area contributed by atoms with Gasteiger partial charge in [-0.1, -0.05) is 13.8 Å². The molecule has 0 aliphatic rings. The van der Waals surface area contributed by atoms with Crippen molar-refractivity contribution >= 4 is 15.7 Å². The molecule has 0 saturated carbocycles. The summed E-state index contributed by atoms with van der Waals surface area (Å²) < 4.78 is 31.1. The molecule has 0 heterocycles. The van der Waals surface area contributed by atoms with Gasteiger partial charge in [-0.05, 0) is 24.5 Å². The molecule has 19 heavy (non-hydrogen) atoms. The van der Waals surface area contributed by atoms with Crippen LogP contribution in [0.25, 0.3) is 0 Å². The summed E-state index contributed by atoms with van der Waals surface area (Å²) in [5.74, 6) is 0.993. The third kappa shape index (κ3) is 3.84. The summed E-state index contributed by atoms with van der Waals surface area (Å²) in [5, 5.41) is 0. The standard InChI is InChI=1S/C13H22N2O3S/c1-10(2)7-8-15(3)19(16,17)13-6-5-11(18-4)9-12(13)14/h5-6,9-10H,7-8,14H2,1-4H3. The van der Waals surface area contributed by atoms with E-state index >= 15 is 0 Å². The number of hydrogen-bond acceptors (Lipinski definition) is 4. The highest BCUT2D eigenvalue weighted by Gasteiger charge is 2.23. The zero-order valence-electron chi connectivity index (χ0n) is 11.9. The van der Waals surface area contributed by atoms with Crippen molar-refractivity contribution in [3.63, 3.8) is 0 Å². The average Bonchev–Trinajstić information content (AvgIpc) is 2.35. The molecule has 0 radical (unpaired) electrons. The predicted octanol–water partition coefficient (Wildman–Crippen LogP) is 1.94. The van der Waals surface area contributed by atoms with Crippen molar-refractivity contribution in [3.8, 4) is 5.75 Å². The van der Waals surface area contributed by atoms with Crippen LogP contribution in [0.15, 0.2) is 23.1 Å². The first-order valence-corrected chi connectivity index (χ1v) is 7.63. The van der Waals surface area contributed by atoms with Crippen LogP contribution in [0.1, 0.15) is 20.3 Å². The molecule has 0 amide bonds. The molecule has 0 aliphatic heterocycles. The highest BCUT2D eigenvalue weighted by Crippen LogP contribution is 2.26. The second kappa shape index (κ2) is 6.25. The third-order valence-corrected chi connectivity index (χ3v) is 4.86. The lowest BCUT2D eigenvalue weighted by Crippen LogP contribution is -2.29. The number of nitrogens with two attached hydrogens (primary N) is 1. The molecule has 0 fully saturated rings. The first-order valence-electron chi connectivity index (χ1n) is 6.19. The molecule has 0 unspecified atom stereocenters. The van der Waals surface area contributed by atoms with E-state index in [2.05, 4.69) is 13.8 Å². The molecule has 5 nitrogen and oxygen atoms in total. The molecule has 0 bridgehead atoms. The normalized spacial score (nSPS) is 12.1. The van der Waals surface area contributed by atoms with Crippen molar-refractivity contribution in [2.24, 2.45) is 5.92 Å². The van der Waals surface area contributed by atoms with Gasteiger partial charge in [-0.2, -0.15) is 0 Å². The number of hydrogen-bond donors (Lipinski definition) is 1. The van der Waals surface area contributed by atoms with Crippen LogP contribution in [0.3, 0.4) is 0 Å². The van der Waals surface area contributed by atoms with Gasteiger partial charge in [0.1, 0.15) is 10.6 Å². The summed E-state index contributed by atoms with van der Waals surface area (Å²) in [6.45, 7) is 4.59. The van der Waals surface area contributed by atoms with E-state index in [1.165, 1.54) is 23.5 Å². The molecule has 108 valence electrons. The van der Waals surface area contributed by atoms with Crippen molar-refractivity contribution in [1.29, 1.82) is 0 Å². The second-order valence-corrected chi connectivity index (χ2v) is 6.93. The molecule has 1 rings (SSSR count). The Morgan fingerprint density at radius 3 is 2.47 bits per heavy atom. The van der Waals surface area contributed by atoms with Gasteiger partial charge in [-0.25, -0.2) is 12.7 Å². The van der Waals surface area contributed by atoms with Crippen LogP contribution in [0.4, 0.5) is 5.69 Å². The molecule has 1 aromatic carbocycles. The molecular formula is C13H22N2O3S. The number of nitrogen functional groups attached to an aromatic ring is 1. The lowest BCUT2D eigenvalue weighted by molar-refractivity contribution is 0.414. The second-order valence-electron chi connectivity index (χ2n) is 4.91. The SMILES string of the molecule is COc1ccc(S(=O)(=O)N(C)CCC(C)C)c(N)c1. The van der Waals surface area contributed by atoms with Gasteiger partial charge in [0.2, 0.25) is 10.0 Å². The number of methoxy groups -OCH3 is 1. The third-order valence-electron chi connectivity index (χ3n) is 2.93.